The third-order valence-electron chi connectivity index (χ3n) is 5.89. The van der Waals surface area contributed by atoms with Gasteiger partial charge in [0.15, 0.2) is 0 Å². The molecule has 0 radical (unpaired) electrons. The zero-order chi connectivity index (χ0) is 28.6. The van der Waals surface area contributed by atoms with Crippen LogP contribution in [0.5, 0.6) is 11.5 Å². The van der Waals surface area contributed by atoms with Crippen molar-refractivity contribution in [3.8, 4) is 11.5 Å². The highest BCUT2D eigenvalue weighted by molar-refractivity contribution is 7.99. The van der Waals surface area contributed by atoms with Crippen LogP contribution >= 0.6 is 11.8 Å². The van der Waals surface area contributed by atoms with E-state index in [0.717, 1.165) is 25.7 Å². The molecule has 2 aromatic rings. The zero-order valence-corrected chi connectivity index (χ0v) is 23.3. The van der Waals surface area contributed by atoms with Crippen LogP contribution in [0.2, 0.25) is 0 Å². The number of phenolic OH excluding ortho intramolecular Hbond substituents is 2. The summed E-state index contributed by atoms with van der Waals surface area (Å²) in [7, 11) is 0. The summed E-state index contributed by atoms with van der Waals surface area (Å²) in [5, 5.41) is 20.2. The molecule has 0 saturated carbocycles. The molecule has 0 atom stereocenters. The highest BCUT2D eigenvalue weighted by atomic mass is 32.2. The van der Waals surface area contributed by atoms with E-state index in [1.54, 1.807) is 24.3 Å². The molecule has 0 spiro atoms. The molecule has 212 valence electrons. The Morgan fingerprint density at radius 1 is 0.667 bits per heavy atom. The fourth-order valence-corrected chi connectivity index (χ4v) is 4.65. The third-order valence-corrected chi connectivity index (χ3v) is 6.87. The normalized spacial score (nSPS) is 10.5. The van der Waals surface area contributed by atoms with Gasteiger partial charge in [0.1, 0.15) is 11.5 Å². The van der Waals surface area contributed by atoms with E-state index in [-0.39, 0.29) is 35.5 Å². The number of amides is 4. The van der Waals surface area contributed by atoms with Crippen LogP contribution in [0.4, 0.5) is 0 Å². The van der Waals surface area contributed by atoms with E-state index in [1.807, 2.05) is 13.8 Å². The molecule has 2 rings (SSSR count). The van der Waals surface area contributed by atoms with Crippen LogP contribution < -0.4 is 21.7 Å². The largest absolute Gasteiger partial charge is 0.507 e. The first-order valence-electron chi connectivity index (χ1n) is 13.2. The Labute approximate surface area is 233 Å². The van der Waals surface area contributed by atoms with Gasteiger partial charge in [0.25, 0.3) is 11.8 Å². The van der Waals surface area contributed by atoms with Gasteiger partial charge in [-0.05, 0) is 48.9 Å². The van der Waals surface area contributed by atoms with Crippen molar-refractivity contribution in [1.29, 1.82) is 0 Å². The quantitative estimate of drug-likeness (QED) is 0.153. The predicted molar refractivity (Wildman–Crippen MR) is 151 cm³/mol. The van der Waals surface area contributed by atoms with Crippen molar-refractivity contribution in [2.24, 2.45) is 0 Å². The van der Waals surface area contributed by atoms with Gasteiger partial charge in [-0.25, -0.2) is 0 Å². The van der Waals surface area contributed by atoms with Crippen LogP contribution in [0, 0.1) is 0 Å². The molecule has 10 nitrogen and oxygen atoms in total. The van der Waals surface area contributed by atoms with Crippen LogP contribution in [-0.4, -0.2) is 45.3 Å². The molecule has 0 heterocycles. The summed E-state index contributed by atoms with van der Waals surface area (Å²) in [6, 6.07) is 9.78. The number of hydrogen-bond donors (Lipinski definition) is 6. The maximum absolute atomic E-state index is 12.5. The average molecular weight is 559 g/mol. The van der Waals surface area contributed by atoms with Crippen LogP contribution in [-0.2, 0) is 22.4 Å². The standard InChI is InChI=1S/C28H38N4O6S/c1-3-5-9-19-11-7-13-21(33)25(19)27(37)31-29-23(35)15-17-39-18-16-24(36)30-32-28(38)26-20(10-6-4-2)12-8-14-22(26)34/h7-8,11-14,33-34H,3-6,9-10,15-18H2,1-2H3,(H,29,35)(H,30,36)(H,31,37)(H,32,38). The molecule has 0 aliphatic carbocycles. The molecule has 39 heavy (non-hydrogen) atoms. The van der Waals surface area contributed by atoms with E-state index in [0.29, 0.717) is 35.5 Å². The highest BCUT2D eigenvalue weighted by Crippen LogP contribution is 2.23. The second-order valence-corrected chi connectivity index (χ2v) is 10.2. The van der Waals surface area contributed by atoms with Crippen molar-refractivity contribution < 1.29 is 29.4 Å². The van der Waals surface area contributed by atoms with Crippen molar-refractivity contribution in [3.05, 3.63) is 58.7 Å². The number of phenols is 2. The number of hydrogen-bond acceptors (Lipinski definition) is 7. The maximum Gasteiger partial charge on any atom is 0.273 e. The van der Waals surface area contributed by atoms with Gasteiger partial charge in [-0.1, -0.05) is 51.0 Å². The van der Waals surface area contributed by atoms with E-state index in [9.17, 15) is 29.4 Å². The fourth-order valence-electron chi connectivity index (χ4n) is 3.78. The first-order chi connectivity index (χ1) is 18.8. The third kappa shape index (κ3) is 10.5. The van der Waals surface area contributed by atoms with Crippen molar-refractivity contribution in [3.63, 3.8) is 0 Å². The van der Waals surface area contributed by atoms with Gasteiger partial charge in [0, 0.05) is 24.3 Å². The predicted octanol–water partition coefficient (Wildman–Crippen LogP) is 3.52. The Morgan fingerprint density at radius 3 is 1.46 bits per heavy atom. The molecule has 11 heteroatoms. The number of thioether (sulfide) groups is 1. The van der Waals surface area contributed by atoms with Crippen LogP contribution in [0.25, 0.3) is 0 Å². The van der Waals surface area contributed by atoms with Gasteiger partial charge in [0.2, 0.25) is 11.8 Å². The van der Waals surface area contributed by atoms with Crippen LogP contribution in [0.3, 0.4) is 0 Å². The number of carbonyl (C=O) groups is 4. The number of aryl methyl sites for hydroxylation is 2. The summed E-state index contributed by atoms with van der Waals surface area (Å²) in [5.41, 5.74) is 11.1. The minimum absolute atomic E-state index is 0.112. The van der Waals surface area contributed by atoms with E-state index in [1.165, 1.54) is 23.9 Å². The van der Waals surface area contributed by atoms with Crippen molar-refractivity contribution in [2.45, 2.75) is 65.2 Å². The number of nitrogens with one attached hydrogen (secondary N) is 4. The number of carbonyl (C=O) groups excluding carboxylic acids is 4. The van der Waals surface area contributed by atoms with E-state index < -0.39 is 23.6 Å². The summed E-state index contributed by atoms with van der Waals surface area (Å²) in [6.45, 7) is 4.07. The first-order valence-corrected chi connectivity index (χ1v) is 14.3. The lowest BCUT2D eigenvalue weighted by atomic mass is 10.0. The van der Waals surface area contributed by atoms with E-state index >= 15 is 0 Å². The summed E-state index contributed by atoms with van der Waals surface area (Å²) >= 11 is 1.37. The summed E-state index contributed by atoms with van der Waals surface area (Å²) in [5.74, 6) is -1.42. The van der Waals surface area contributed by atoms with Gasteiger partial charge in [0.05, 0.1) is 11.1 Å². The topological polar surface area (TPSA) is 157 Å². The lowest BCUT2D eigenvalue weighted by Crippen LogP contribution is -2.42. The highest BCUT2D eigenvalue weighted by Gasteiger charge is 2.18. The van der Waals surface area contributed by atoms with Crippen molar-refractivity contribution >= 4 is 35.4 Å². The average Bonchev–Trinajstić information content (AvgIpc) is 2.92. The number of hydrazine groups is 2. The minimum Gasteiger partial charge on any atom is -0.507 e. The van der Waals surface area contributed by atoms with Crippen molar-refractivity contribution in [1.82, 2.24) is 21.7 Å². The van der Waals surface area contributed by atoms with Gasteiger partial charge in [-0.2, -0.15) is 11.8 Å². The van der Waals surface area contributed by atoms with E-state index in [2.05, 4.69) is 21.7 Å². The lowest BCUT2D eigenvalue weighted by Gasteiger charge is -2.13. The molecular weight excluding hydrogens is 520 g/mol. The smallest absolute Gasteiger partial charge is 0.273 e. The lowest BCUT2D eigenvalue weighted by molar-refractivity contribution is -0.122. The minimum atomic E-state index is -0.583. The Morgan fingerprint density at radius 2 is 1.08 bits per heavy atom. The number of rotatable bonds is 14. The van der Waals surface area contributed by atoms with Gasteiger partial charge in [-0.15, -0.1) is 0 Å². The second kappa shape index (κ2) is 17.0. The first kappa shape index (κ1) is 31.5. The number of unbranched alkanes of at least 4 members (excludes halogenated alkanes) is 2. The molecule has 0 aromatic heterocycles. The molecule has 0 fully saturated rings. The Balaban J connectivity index is 1.67. The summed E-state index contributed by atoms with van der Waals surface area (Å²) in [4.78, 5) is 49.2. The molecule has 0 aliphatic heterocycles. The molecule has 0 unspecified atom stereocenters. The Kier molecular flexibility index (Phi) is 13.7. The SMILES string of the molecule is CCCCc1cccc(O)c1C(=O)NNC(=O)CCSCCC(=O)NNC(=O)c1c(O)cccc1CCCC. The van der Waals surface area contributed by atoms with Gasteiger partial charge in [-0.3, -0.25) is 40.9 Å². The molecular formula is C28H38N4O6S. The summed E-state index contributed by atoms with van der Waals surface area (Å²) < 4.78 is 0. The van der Waals surface area contributed by atoms with Crippen LogP contribution in [0.1, 0.15) is 84.2 Å². The molecule has 0 bridgehead atoms. The summed E-state index contributed by atoms with van der Waals surface area (Å²) in [6.07, 6.45) is 5.14. The number of benzene rings is 2. The van der Waals surface area contributed by atoms with Crippen LogP contribution in [0.15, 0.2) is 36.4 Å². The number of aromatic hydroxyl groups is 2. The molecule has 0 aliphatic rings. The van der Waals surface area contributed by atoms with Crippen molar-refractivity contribution in [2.75, 3.05) is 11.5 Å². The fraction of sp³-hybridized carbons (Fsp3) is 0.429. The Bertz CT molecular complexity index is 1050. The van der Waals surface area contributed by atoms with Gasteiger partial charge < -0.3 is 10.2 Å². The second-order valence-electron chi connectivity index (χ2n) is 8.95. The Hall–Kier alpha value is -3.73. The molecule has 2 aromatic carbocycles. The monoisotopic (exact) mass is 558 g/mol. The molecule has 0 saturated heterocycles. The molecule has 4 amide bonds. The maximum atomic E-state index is 12.5. The van der Waals surface area contributed by atoms with Gasteiger partial charge >= 0.3 is 0 Å². The zero-order valence-electron chi connectivity index (χ0n) is 22.5. The van der Waals surface area contributed by atoms with E-state index in [4.69, 9.17) is 0 Å². The molecule has 6 N–H and O–H groups in total.